The molecule has 1 aromatic heterocycles. The molecular weight excluding hydrogens is 399 g/mol. The van der Waals surface area contributed by atoms with Gasteiger partial charge in [0.1, 0.15) is 17.7 Å². The fourth-order valence-corrected chi connectivity index (χ4v) is 4.19. The predicted molar refractivity (Wildman–Crippen MR) is 114 cm³/mol. The van der Waals surface area contributed by atoms with Crippen molar-refractivity contribution in [3.8, 4) is 11.6 Å². The molecule has 7 heteroatoms. The molecular formula is C24H27FN2O4. The maximum absolute atomic E-state index is 14.4. The van der Waals surface area contributed by atoms with E-state index in [1.807, 2.05) is 0 Å². The van der Waals surface area contributed by atoms with Crippen LogP contribution in [0.25, 0.3) is 0 Å². The van der Waals surface area contributed by atoms with Gasteiger partial charge in [0, 0.05) is 36.7 Å². The van der Waals surface area contributed by atoms with Crippen molar-refractivity contribution in [1.82, 2.24) is 4.98 Å². The summed E-state index contributed by atoms with van der Waals surface area (Å²) in [6.45, 7) is 6.68. The second-order valence-electron chi connectivity index (χ2n) is 8.40. The molecule has 0 bridgehead atoms. The molecule has 1 aliphatic heterocycles. The Hall–Kier alpha value is -2.96. The van der Waals surface area contributed by atoms with Crippen molar-refractivity contribution in [2.24, 2.45) is 5.92 Å². The monoisotopic (exact) mass is 426 g/mol. The maximum atomic E-state index is 14.4. The smallest absolute Gasteiger partial charge is 0.268 e. The number of fused-ring (bicyclic) bond motifs is 1. The van der Waals surface area contributed by atoms with Gasteiger partial charge in [-0.1, -0.05) is 20.8 Å². The van der Waals surface area contributed by atoms with Gasteiger partial charge in [-0.2, -0.15) is 0 Å². The summed E-state index contributed by atoms with van der Waals surface area (Å²) in [5.74, 6) is 0.611. The van der Waals surface area contributed by atoms with Gasteiger partial charge in [-0.05, 0) is 42.5 Å². The summed E-state index contributed by atoms with van der Waals surface area (Å²) < 4.78 is 26.2. The van der Waals surface area contributed by atoms with Gasteiger partial charge in [-0.25, -0.2) is 9.37 Å². The van der Waals surface area contributed by atoms with Gasteiger partial charge in [0.05, 0.1) is 6.20 Å². The summed E-state index contributed by atoms with van der Waals surface area (Å²) in [5.41, 5.74) is 1.24. The second-order valence-corrected chi connectivity index (χ2v) is 8.40. The van der Waals surface area contributed by atoms with Crippen molar-refractivity contribution in [2.45, 2.75) is 58.7 Å². The standard InChI is InChI=1S/C24H27FN2O4/c1-4-21(14(2)3)31-23-8-5-16(13-26-23)30-22-9-10-27(24(22)29)15-11-18-17(19(25)12-15)6-7-20(18)28/h5,8,11-14,21-22H,4,6-7,9-10H2,1-3H3. The number of carbonyl (C=O) groups is 2. The Bertz CT molecular complexity index is 990. The molecule has 164 valence electrons. The second kappa shape index (κ2) is 8.65. The van der Waals surface area contributed by atoms with E-state index >= 15 is 0 Å². The number of hydrogen-bond donors (Lipinski definition) is 0. The van der Waals surface area contributed by atoms with Crippen LogP contribution in [-0.2, 0) is 11.2 Å². The van der Waals surface area contributed by atoms with Gasteiger partial charge in [0.2, 0.25) is 5.88 Å². The highest BCUT2D eigenvalue weighted by Crippen LogP contribution is 2.32. The lowest BCUT2D eigenvalue weighted by Crippen LogP contribution is -2.32. The fraction of sp³-hybridized carbons (Fsp3) is 0.458. The lowest BCUT2D eigenvalue weighted by Gasteiger charge is -2.20. The van der Waals surface area contributed by atoms with E-state index in [4.69, 9.17) is 9.47 Å². The van der Waals surface area contributed by atoms with Gasteiger partial charge < -0.3 is 14.4 Å². The molecule has 0 saturated carbocycles. The van der Waals surface area contributed by atoms with Gasteiger partial charge in [-0.3, -0.25) is 9.59 Å². The third kappa shape index (κ3) is 4.27. The minimum Gasteiger partial charge on any atom is -0.479 e. The Balaban J connectivity index is 1.43. The molecule has 2 heterocycles. The number of anilines is 1. The number of carbonyl (C=O) groups excluding carboxylic acids is 2. The van der Waals surface area contributed by atoms with Crippen molar-refractivity contribution >= 4 is 17.4 Å². The van der Waals surface area contributed by atoms with Crippen molar-refractivity contribution in [3.05, 3.63) is 47.4 Å². The number of Topliss-reactive ketones (excluding diaryl/α,β-unsaturated/α-hetero) is 1. The van der Waals surface area contributed by atoms with Crippen LogP contribution in [0.5, 0.6) is 11.6 Å². The zero-order chi connectivity index (χ0) is 22.1. The number of halogens is 1. The van der Waals surface area contributed by atoms with Gasteiger partial charge in [0.15, 0.2) is 11.9 Å². The number of nitrogens with zero attached hydrogens (tertiary/aromatic N) is 2. The first-order chi connectivity index (χ1) is 14.9. The molecule has 0 spiro atoms. The Morgan fingerprint density at radius 1 is 1.23 bits per heavy atom. The van der Waals surface area contributed by atoms with E-state index in [1.165, 1.54) is 11.0 Å². The summed E-state index contributed by atoms with van der Waals surface area (Å²) in [5, 5.41) is 0. The van der Waals surface area contributed by atoms with E-state index in [1.54, 1.807) is 24.4 Å². The summed E-state index contributed by atoms with van der Waals surface area (Å²) in [6, 6.07) is 6.43. The quantitative estimate of drug-likeness (QED) is 0.659. The number of amides is 1. The molecule has 4 rings (SSSR count). The molecule has 0 N–H and O–H groups in total. The number of ketones is 1. The number of hydrogen-bond acceptors (Lipinski definition) is 5. The summed E-state index contributed by atoms with van der Waals surface area (Å²) in [6.07, 6.45) is 3.05. The number of ether oxygens (including phenoxy) is 2. The van der Waals surface area contributed by atoms with Crippen LogP contribution in [0.2, 0.25) is 0 Å². The maximum Gasteiger partial charge on any atom is 0.268 e. The average Bonchev–Trinajstić information content (AvgIpc) is 3.30. The third-order valence-corrected chi connectivity index (χ3v) is 5.96. The van der Waals surface area contributed by atoms with Crippen molar-refractivity contribution < 1.29 is 23.5 Å². The first-order valence-electron chi connectivity index (χ1n) is 10.8. The molecule has 31 heavy (non-hydrogen) atoms. The minimum absolute atomic E-state index is 0.0774. The first-order valence-corrected chi connectivity index (χ1v) is 10.8. The predicted octanol–water partition coefficient (Wildman–Crippen LogP) is 4.35. The van der Waals surface area contributed by atoms with Crippen LogP contribution >= 0.6 is 0 Å². The van der Waals surface area contributed by atoms with Crippen LogP contribution in [0.1, 0.15) is 56.0 Å². The van der Waals surface area contributed by atoms with E-state index < -0.39 is 11.9 Å². The molecule has 2 unspecified atom stereocenters. The molecule has 1 saturated heterocycles. The summed E-state index contributed by atoms with van der Waals surface area (Å²) in [4.78, 5) is 30.7. The van der Waals surface area contributed by atoms with Crippen LogP contribution in [0.15, 0.2) is 30.5 Å². The summed E-state index contributed by atoms with van der Waals surface area (Å²) in [7, 11) is 0. The van der Waals surface area contributed by atoms with E-state index in [2.05, 4.69) is 25.8 Å². The number of rotatable bonds is 7. The molecule has 6 nitrogen and oxygen atoms in total. The molecule has 0 radical (unpaired) electrons. The van der Waals surface area contributed by atoms with Crippen LogP contribution in [0, 0.1) is 11.7 Å². The number of aromatic nitrogens is 1. The topological polar surface area (TPSA) is 68.7 Å². The highest BCUT2D eigenvalue weighted by atomic mass is 19.1. The first kappa shape index (κ1) is 21.3. The van der Waals surface area contributed by atoms with Crippen molar-refractivity contribution in [2.75, 3.05) is 11.4 Å². The molecule has 1 amide bonds. The van der Waals surface area contributed by atoms with Crippen molar-refractivity contribution in [3.63, 3.8) is 0 Å². The molecule has 2 aromatic rings. The SMILES string of the molecule is CCC(Oc1ccc(OC2CCN(c3cc(F)c4c(c3)C(=O)CC4)C2=O)cn1)C(C)C. The minimum atomic E-state index is -0.681. The normalized spacial score (nSPS) is 19.1. The van der Waals surface area contributed by atoms with Crippen LogP contribution in [0.4, 0.5) is 10.1 Å². The highest BCUT2D eigenvalue weighted by molar-refractivity contribution is 6.04. The van der Waals surface area contributed by atoms with Gasteiger partial charge in [-0.15, -0.1) is 0 Å². The molecule has 2 aliphatic rings. The Labute approximate surface area is 181 Å². The molecule has 1 fully saturated rings. The van der Waals surface area contributed by atoms with Crippen LogP contribution in [0.3, 0.4) is 0 Å². The fourth-order valence-electron chi connectivity index (χ4n) is 4.19. The molecule has 1 aromatic carbocycles. The van der Waals surface area contributed by atoms with E-state index in [0.717, 1.165) is 6.42 Å². The lowest BCUT2D eigenvalue weighted by molar-refractivity contribution is -0.122. The third-order valence-electron chi connectivity index (χ3n) is 5.96. The van der Waals surface area contributed by atoms with Crippen LogP contribution in [-0.4, -0.2) is 35.4 Å². The molecule has 1 aliphatic carbocycles. The Morgan fingerprint density at radius 3 is 2.71 bits per heavy atom. The van der Waals surface area contributed by atoms with E-state index in [0.29, 0.717) is 60.2 Å². The lowest BCUT2D eigenvalue weighted by atomic mass is 10.1. The van der Waals surface area contributed by atoms with E-state index in [9.17, 15) is 14.0 Å². The largest absolute Gasteiger partial charge is 0.479 e. The average molecular weight is 426 g/mol. The zero-order valence-corrected chi connectivity index (χ0v) is 18.1. The molecule has 2 atom stereocenters. The van der Waals surface area contributed by atoms with Crippen LogP contribution < -0.4 is 14.4 Å². The van der Waals surface area contributed by atoms with Gasteiger partial charge >= 0.3 is 0 Å². The van der Waals surface area contributed by atoms with Crippen molar-refractivity contribution in [1.29, 1.82) is 0 Å². The van der Waals surface area contributed by atoms with E-state index in [-0.39, 0.29) is 17.8 Å². The van der Waals surface area contributed by atoms with Gasteiger partial charge in [0.25, 0.3) is 5.91 Å². The Morgan fingerprint density at radius 2 is 2.03 bits per heavy atom. The summed E-state index contributed by atoms with van der Waals surface area (Å²) >= 11 is 0. The Kier molecular flexibility index (Phi) is 5.94. The number of pyridine rings is 1. The highest BCUT2D eigenvalue weighted by Gasteiger charge is 2.36. The number of benzene rings is 1. The zero-order valence-electron chi connectivity index (χ0n) is 18.1.